The van der Waals surface area contributed by atoms with E-state index in [1.54, 1.807) is 19.8 Å². The number of carbonyl (C=O) groups excluding carboxylic acids is 1. The van der Waals surface area contributed by atoms with Crippen LogP contribution < -0.4 is 0 Å². The van der Waals surface area contributed by atoms with Crippen molar-refractivity contribution in [1.29, 1.82) is 0 Å². The number of rotatable bonds is 6. The van der Waals surface area contributed by atoms with Crippen LogP contribution in [0.1, 0.15) is 126 Å². The summed E-state index contributed by atoms with van der Waals surface area (Å²) in [6, 6.07) is 0.724. The molecule has 11 atom stereocenters. The van der Waals surface area contributed by atoms with Gasteiger partial charge in [-0.15, -0.1) is 0 Å². The Morgan fingerprint density at radius 3 is 2.50 bits per heavy atom. The van der Waals surface area contributed by atoms with Crippen molar-refractivity contribution in [3.8, 4) is 0 Å². The van der Waals surface area contributed by atoms with E-state index in [0.717, 1.165) is 57.5 Å². The quantitative estimate of drug-likeness (QED) is 0.315. The Hall–Kier alpha value is -0.770. The monoisotopic (exact) mass is 668 g/mol. The number of morpholine rings is 1. The predicted octanol–water partition coefficient (Wildman–Crippen LogP) is 6.38. The SMILES string of the molecule is CC(=O)O[C@@H]([C]1C[C@@H](C)[C@H]2[C](O1)[C@H](O)[C@@]1(C)[C]3CC[C@H]4C(C)(C)C(O[C@H]5CN(C6CCC6)CCO5)CC[C@@]45C[C@@]35CC[C@]21C)C(C)(C)O. The van der Waals surface area contributed by atoms with Gasteiger partial charge in [-0.25, -0.2) is 0 Å². The third-order valence-corrected chi connectivity index (χ3v) is 16.2. The van der Waals surface area contributed by atoms with Gasteiger partial charge in [0.1, 0.15) is 12.2 Å². The standard InChI is InChI=1S/C40H62NO7/c1-23-20-26(34(36(5,6)44)46-24(2)42)47-32-31(23)37(7)16-17-40-22-39(40)15-14-29(48-30-21-41(18-19-45-30)25-10-9-11-25)35(3,4)27(39)12-13-28(40)38(37,8)33(32)43/h23,25,27,29-31,33-34,43-44H,9-22H2,1-8H3/t23-,27+,29?,30+,31+,33+,34+,37-,38-,39-,40+/m1/s1. The average Bonchev–Trinajstić information content (AvgIpc) is 3.61. The summed E-state index contributed by atoms with van der Waals surface area (Å²) >= 11 is 0. The third kappa shape index (κ3) is 4.56. The molecule has 2 N–H and O–H groups in total. The van der Waals surface area contributed by atoms with Crippen molar-refractivity contribution in [3.05, 3.63) is 18.1 Å². The van der Waals surface area contributed by atoms with Gasteiger partial charge in [-0.3, -0.25) is 9.69 Å². The van der Waals surface area contributed by atoms with Crippen molar-refractivity contribution in [1.82, 2.24) is 4.90 Å². The summed E-state index contributed by atoms with van der Waals surface area (Å²) in [4.78, 5) is 14.7. The Kier molecular flexibility index (Phi) is 7.95. The molecule has 6 aliphatic carbocycles. The minimum absolute atomic E-state index is 0.0539. The lowest BCUT2D eigenvalue weighted by molar-refractivity contribution is -0.247. The zero-order chi connectivity index (χ0) is 34.2. The molecule has 269 valence electrons. The Bertz CT molecular complexity index is 1280. The van der Waals surface area contributed by atoms with Gasteiger partial charge in [-0.1, -0.05) is 41.0 Å². The van der Waals surface area contributed by atoms with Crippen LogP contribution in [0, 0.1) is 63.0 Å². The van der Waals surface area contributed by atoms with Gasteiger partial charge in [0, 0.05) is 37.4 Å². The third-order valence-electron chi connectivity index (χ3n) is 16.2. The van der Waals surface area contributed by atoms with Crippen molar-refractivity contribution in [3.63, 3.8) is 0 Å². The first-order valence-corrected chi connectivity index (χ1v) is 19.4. The van der Waals surface area contributed by atoms with Crippen molar-refractivity contribution in [2.24, 2.45) is 44.8 Å². The fourth-order valence-corrected chi connectivity index (χ4v) is 13.6. The van der Waals surface area contributed by atoms with E-state index >= 15 is 0 Å². The van der Waals surface area contributed by atoms with E-state index in [4.69, 9.17) is 18.9 Å². The van der Waals surface area contributed by atoms with Crippen LogP contribution in [0.3, 0.4) is 0 Å². The summed E-state index contributed by atoms with van der Waals surface area (Å²) in [5, 5.41) is 23.5. The summed E-state index contributed by atoms with van der Waals surface area (Å²) < 4.78 is 25.5. The molecule has 0 aromatic carbocycles. The molecule has 48 heavy (non-hydrogen) atoms. The molecule has 8 nitrogen and oxygen atoms in total. The zero-order valence-electron chi connectivity index (χ0n) is 30.9. The van der Waals surface area contributed by atoms with Crippen LogP contribution in [0.4, 0.5) is 0 Å². The van der Waals surface area contributed by atoms with Crippen LogP contribution in [-0.2, 0) is 23.7 Å². The minimum atomic E-state index is -1.30. The van der Waals surface area contributed by atoms with Gasteiger partial charge in [0.05, 0.1) is 24.4 Å². The first-order chi connectivity index (χ1) is 22.5. The molecule has 0 aromatic rings. The van der Waals surface area contributed by atoms with Crippen molar-refractivity contribution in [2.75, 3.05) is 19.7 Å². The summed E-state index contributed by atoms with van der Waals surface area (Å²) in [7, 11) is 0. The van der Waals surface area contributed by atoms with Crippen LogP contribution in [0.5, 0.6) is 0 Å². The second kappa shape index (κ2) is 11.1. The minimum Gasteiger partial charge on any atom is -0.456 e. The Morgan fingerprint density at radius 1 is 1.08 bits per heavy atom. The number of aliphatic hydroxyl groups excluding tert-OH is 1. The highest BCUT2D eigenvalue weighted by molar-refractivity contribution is 5.66. The van der Waals surface area contributed by atoms with E-state index in [9.17, 15) is 15.0 Å². The largest absolute Gasteiger partial charge is 0.456 e. The van der Waals surface area contributed by atoms with Crippen LogP contribution >= 0.6 is 0 Å². The number of fused-ring (bicyclic) bond motifs is 4. The zero-order valence-corrected chi connectivity index (χ0v) is 30.9. The molecular weight excluding hydrogens is 606 g/mol. The second-order valence-electron chi connectivity index (χ2n) is 19.1. The number of hydrogen-bond acceptors (Lipinski definition) is 8. The van der Waals surface area contributed by atoms with E-state index in [-0.39, 0.29) is 45.9 Å². The van der Waals surface area contributed by atoms with Gasteiger partial charge in [0.15, 0.2) is 12.4 Å². The highest BCUT2D eigenvalue weighted by Gasteiger charge is 2.85. The molecule has 2 heterocycles. The molecule has 0 aromatic heterocycles. The molecule has 0 amide bonds. The topological polar surface area (TPSA) is 97.7 Å². The maximum atomic E-state index is 12.5. The number of nitrogens with zero attached hydrogens (tertiary/aromatic N) is 1. The van der Waals surface area contributed by atoms with Gasteiger partial charge in [0.25, 0.3) is 0 Å². The number of esters is 1. The van der Waals surface area contributed by atoms with Crippen LogP contribution in [-0.4, -0.2) is 77.0 Å². The lowest BCUT2D eigenvalue weighted by Crippen LogP contribution is -2.59. The van der Waals surface area contributed by atoms with Gasteiger partial charge >= 0.3 is 5.97 Å². The first-order valence-electron chi connectivity index (χ1n) is 19.4. The molecule has 6 saturated carbocycles. The number of aliphatic hydroxyl groups is 2. The number of ether oxygens (including phenoxy) is 4. The Morgan fingerprint density at radius 2 is 1.83 bits per heavy atom. The molecule has 1 unspecified atom stereocenters. The molecule has 2 saturated heterocycles. The smallest absolute Gasteiger partial charge is 0.303 e. The summed E-state index contributed by atoms with van der Waals surface area (Å²) in [5.74, 6) is 2.04. The van der Waals surface area contributed by atoms with Crippen molar-refractivity contribution >= 4 is 5.97 Å². The van der Waals surface area contributed by atoms with Gasteiger partial charge in [-0.2, -0.15) is 0 Å². The molecule has 3 radical (unpaired) electrons. The highest BCUT2D eigenvalue weighted by atomic mass is 16.7. The van der Waals surface area contributed by atoms with Crippen LogP contribution in [0.15, 0.2) is 0 Å². The first kappa shape index (κ1) is 34.3. The van der Waals surface area contributed by atoms with Crippen LogP contribution in [0.25, 0.3) is 0 Å². The van der Waals surface area contributed by atoms with Gasteiger partial charge in [-0.05, 0) is 117 Å². The van der Waals surface area contributed by atoms with E-state index < -0.39 is 29.2 Å². The summed E-state index contributed by atoms with van der Waals surface area (Å²) in [6.45, 7) is 19.4. The normalized spacial score (nSPS) is 48.7. The number of hydrogen-bond donors (Lipinski definition) is 2. The van der Waals surface area contributed by atoms with Crippen molar-refractivity contribution < 1.29 is 34.0 Å². The van der Waals surface area contributed by atoms with Gasteiger partial charge in [0.2, 0.25) is 0 Å². The molecular formula is C40H62NO7. The second-order valence-corrected chi connectivity index (χ2v) is 19.1. The maximum absolute atomic E-state index is 12.5. The maximum Gasteiger partial charge on any atom is 0.303 e. The fraction of sp³-hybridized carbons (Fsp3) is 0.900. The molecule has 0 bridgehead atoms. The van der Waals surface area contributed by atoms with Gasteiger partial charge < -0.3 is 29.2 Å². The number of carbonyl (C=O) groups is 1. The predicted molar refractivity (Wildman–Crippen MR) is 180 cm³/mol. The molecule has 2 aliphatic heterocycles. The summed E-state index contributed by atoms with van der Waals surface area (Å²) in [5.41, 5.74) is -1.32. The Labute approximate surface area is 289 Å². The molecule has 8 heteroatoms. The fourth-order valence-electron chi connectivity index (χ4n) is 13.6. The van der Waals surface area contributed by atoms with E-state index in [1.807, 2.05) is 0 Å². The van der Waals surface area contributed by atoms with E-state index in [2.05, 4.69) is 39.5 Å². The molecule has 8 rings (SSSR count). The van der Waals surface area contributed by atoms with Crippen LogP contribution in [0.2, 0.25) is 0 Å². The molecule has 8 fully saturated rings. The highest BCUT2D eigenvalue weighted by Crippen LogP contribution is 2.90. The molecule has 8 aliphatic rings. The average molecular weight is 669 g/mol. The summed E-state index contributed by atoms with van der Waals surface area (Å²) in [6.07, 6.45) is 12.3. The van der Waals surface area contributed by atoms with E-state index in [0.29, 0.717) is 18.4 Å². The van der Waals surface area contributed by atoms with Crippen molar-refractivity contribution in [2.45, 2.75) is 162 Å². The lowest BCUT2D eigenvalue weighted by Gasteiger charge is -2.63. The van der Waals surface area contributed by atoms with E-state index in [1.165, 1.54) is 45.4 Å². The Balaban J connectivity index is 1.03. The lowest BCUT2D eigenvalue weighted by atomic mass is 9.41. The molecule has 2 spiro atoms.